The van der Waals surface area contributed by atoms with Gasteiger partial charge in [-0.15, -0.1) is 0 Å². The second-order valence-electron chi connectivity index (χ2n) is 5.76. The van der Waals surface area contributed by atoms with Crippen molar-refractivity contribution in [2.45, 2.75) is 20.4 Å². The standard InChI is InChI=1S/C20H23NO2.ClH/c1-4-21(5-2)14-19-20(15-9-7-6-8-10-15)17-12-11-16(22-3)13-18(17)23-19;/h6-13H,4-5,14H2,1-3H3;1H. The summed E-state index contributed by atoms with van der Waals surface area (Å²) in [5.41, 5.74) is 3.31. The van der Waals surface area contributed by atoms with E-state index in [0.29, 0.717) is 0 Å². The Labute approximate surface area is 149 Å². The summed E-state index contributed by atoms with van der Waals surface area (Å²) in [4.78, 5) is 1.51. The summed E-state index contributed by atoms with van der Waals surface area (Å²) in [5, 5.41) is 1.15. The van der Waals surface area contributed by atoms with Crippen LogP contribution in [0.2, 0.25) is 0 Å². The minimum atomic E-state index is 0. The van der Waals surface area contributed by atoms with Crippen molar-refractivity contribution in [1.82, 2.24) is 0 Å². The maximum absolute atomic E-state index is 6.23. The Morgan fingerprint density at radius 2 is 1.71 bits per heavy atom. The summed E-state index contributed by atoms with van der Waals surface area (Å²) in [7, 11) is 1.68. The molecule has 3 nitrogen and oxygen atoms in total. The normalized spacial score (nSPS) is 10.8. The van der Waals surface area contributed by atoms with Crippen LogP contribution < -0.4 is 22.0 Å². The van der Waals surface area contributed by atoms with Gasteiger partial charge in [-0.2, -0.15) is 0 Å². The van der Waals surface area contributed by atoms with E-state index in [1.165, 1.54) is 16.0 Å². The van der Waals surface area contributed by atoms with Crippen LogP contribution in [0.3, 0.4) is 0 Å². The Kier molecular flexibility index (Phi) is 6.29. The lowest BCUT2D eigenvalue weighted by atomic mass is 10.0. The Bertz CT molecular complexity index is 779. The molecule has 0 fully saturated rings. The number of furan rings is 1. The SMILES string of the molecule is CC[NH+](CC)Cc1oc2cc(OC)ccc2c1-c1ccccc1.[Cl-]. The van der Waals surface area contributed by atoms with E-state index in [1.807, 2.05) is 18.2 Å². The Balaban J connectivity index is 0.00000208. The third-order valence-corrected chi connectivity index (χ3v) is 4.44. The number of hydrogen-bond donors (Lipinski definition) is 1. The van der Waals surface area contributed by atoms with Crippen LogP contribution in [0.25, 0.3) is 22.1 Å². The molecule has 1 aromatic heterocycles. The molecule has 0 radical (unpaired) electrons. The smallest absolute Gasteiger partial charge is 0.167 e. The molecular weight excluding hydrogens is 322 g/mol. The van der Waals surface area contributed by atoms with E-state index in [9.17, 15) is 0 Å². The summed E-state index contributed by atoms with van der Waals surface area (Å²) in [6.45, 7) is 7.50. The zero-order valence-corrected chi connectivity index (χ0v) is 15.2. The third-order valence-electron chi connectivity index (χ3n) is 4.44. The quantitative estimate of drug-likeness (QED) is 0.706. The van der Waals surface area contributed by atoms with Crippen LogP contribution in [0.4, 0.5) is 0 Å². The first-order valence-corrected chi connectivity index (χ1v) is 8.25. The molecule has 0 aliphatic carbocycles. The third kappa shape index (κ3) is 3.58. The van der Waals surface area contributed by atoms with Gasteiger partial charge in [0, 0.05) is 17.0 Å². The number of fused-ring (bicyclic) bond motifs is 1. The summed E-state index contributed by atoms with van der Waals surface area (Å²) in [6.07, 6.45) is 0. The first-order chi connectivity index (χ1) is 11.3. The summed E-state index contributed by atoms with van der Waals surface area (Å²) < 4.78 is 11.6. The number of rotatable bonds is 6. The fraction of sp³-hybridized carbons (Fsp3) is 0.300. The van der Waals surface area contributed by atoms with Gasteiger partial charge >= 0.3 is 0 Å². The highest BCUT2D eigenvalue weighted by Crippen LogP contribution is 2.36. The molecule has 0 amide bonds. The lowest BCUT2D eigenvalue weighted by Crippen LogP contribution is -3.10. The monoisotopic (exact) mass is 345 g/mol. The molecule has 0 spiro atoms. The van der Waals surface area contributed by atoms with Crippen LogP contribution >= 0.6 is 0 Å². The van der Waals surface area contributed by atoms with E-state index >= 15 is 0 Å². The van der Waals surface area contributed by atoms with Crippen molar-refractivity contribution in [3.63, 3.8) is 0 Å². The molecule has 0 saturated heterocycles. The molecule has 0 aliphatic heterocycles. The number of ether oxygens (including phenoxy) is 1. The molecule has 1 N–H and O–H groups in total. The van der Waals surface area contributed by atoms with E-state index in [-0.39, 0.29) is 12.4 Å². The number of quaternary nitrogens is 1. The van der Waals surface area contributed by atoms with Gasteiger partial charge < -0.3 is 26.5 Å². The number of nitrogens with one attached hydrogen (secondary N) is 1. The molecule has 128 valence electrons. The molecular formula is C20H24ClNO2. The molecule has 3 rings (SSSR count). The fourth-order valence-electron chi connectivity index (χ4n) is 3.03. The van der Waals surface area contributed by atoms with Gasteiger partial charge in [0.1, 0.15) is 17.9 Å². The first kappa shape index (κ1) is 18.4. The average Bonchev–Trinajstić information content (AvgIpc) is 2.97. The van der Waals surface area contributed by atoms with Gasteiger partial charge in [-0.05, 0) is 31.5 Å². The second kappa shape index (κ2) is 8.22. The van der Waals surface area contributed by atoms with Gasteiger partial charge in [0.05, 0.1) is 20.2 Å². The molecule has 4 heteroatoms. The zero-order valence-electron chi connectivity index (χ0n) is 14.4. The van der Waals surface area contributed by atoms with Crippen LogP contribution in [0.15, 0.2) is 52.9 Å². The molecule has 0 bridgehead atoms. The van der Waals surface area contributed by atoms with Crippen LogP contribution in [-0.4, -0.2) is 20.2 Å². The van der Waals surface area contributed by atoms with Crippen molar-refractivity contribution >= 4 is 11.0 Å². The minimum Gasteiger partial charge on any atom is -1.00 e. The van der Waals surface area contributed by atoms with Crippen molar-refractivity contribution in [3.05, 3.63) is 54.3 Å². The number of benzene rings is 2. The van der Waals surface area contributed by atoms with Crippen LogP contribution in [0, 0.1) is 0 Å². The number of methoxy groups -OCH3 is 1. The van der Waals surface area contributed by atoms with Crippen molar-refractivity contribution in [2.75, 3.05) is 20.2 Å². The highest BCUT2D eigenvalue weighted by molar-refractivity contribution is 5.96. The molecule has 0 saturated carbocycles. The summed E-state index contributed by atoms with van der Waals surface area (Å²) >= 11 is 0. The van der Waals surface area contributed by atoms with Gasteiger partial charge in [-0.25, -0.2) is 0 Å². The van der Waals surface area contributed by atoms with E-state index in [4.69, 9.17) is 9.15 Å². The van der Waals surface area contributed by atoms with Crippen LogP contribution in [0.1, 0.15) is 19.6 Å². The Morgan fingerprint density at radius 3 is 2.33 bits per heavy atom. The minimum absolute atomic E-state index is 0. The van der Waals surface area contributed by atoms with Crippen molar-refractivity contribution in [1.29, 1.82) is 0 Å². The highest BCUT2D eigenvalue weighted by Gasteiger charge is 2.19. The topological polar surface area (TPSA) is 26.8 Å². The van der Waals surface area contributed by atoms with E-state index in [1.54, 1.807) is 7.11 Å². The molecule has 3 aromatic rings. The van der Waals surface area contributed by atoms with Crippen LogP contribution in [0.5, 0.6) is 5.75 Å². The number of hydrogen-bond acceptors (Lipinski definition) is 2. The van der Waals surface area contributed by atoms with Gasteiger partial charge in [-0.1, -0.05) is 30.3 Å². The molecule has 0 aliphatic rings. The van der Waals surface area contributed by atoms with Gasteiger partial charge in [0.2, 0.25) is 0 Å². The van der Waals surface area contributed by atoms with E-state index < -0.39 is 0 Å². The maximum Gasteiger partial charge on any atom is 0.167 e. The second-order valence-corrected chi connectivity index (χ2v) is 5.76. The van der Waals surface area contributed by atoms with E-state index in [2.05, 4.69) is 44.2 Å². The molecule has 0 atom stereocenters. The zero-order chi connectivity index (χ0) is 16.2. The van der Waals surface area contributed by atoms with Crippen LogP contribution in [-0.2, 0) is 6.54 Å². The number of halogens is 1. The summed E-state index contributed by atoms with van der Waals surface area (Å²) in [5.74, 6) is 1.88. The Morgan fingerprint density at radius 1 is 1.00 bits per heavy atom. The van der Waals surface area contributed by atoms with Crippen molar-refractivity contribution < 1.29 is 26.5 Å². The predicted octanol–water partition coefficient (Wildman–Crippen LogP) is 0.537. The Hall–Kier alpha value is -1.97. The highest BCUT2D eigenvalue weighted by atomic mass is 35.5. The molecule has 2 aromatic carbocycles. The fourth-order valence-corrected chi connectivity index (χ4v) is 3.03. The first-order valence-electron chi connectivity index (χ1n) is 8.25. The lowest BCUT2D eigenvalue weighted by Gasteiger charge is -2.14. The van der Waals surface area contributed by atoms with Gasteiger partial charge in [0.15, 0.2) is 5.76 Å². The molecule has 0 unspecified atom stereocenters. The van der Waals surface area contributed by atoms with Crippen molar-refractivity contribution in [2.24, 2.45) is 0 Å². The lowest BCUT2D eigenvalue weighted by molar-refractivity contribution is -0.911. The largest absolute Gasteiger partial charge is 1.00 e. The predicted molar refractivity (Wildman–Crippen MR) is 94.0 cm³/mol. The van der Waals surface area contributed by atoms with Gasteiger partial charge in [0.25, 0.3) is 0 Å². The summed E-state index contributed by atoms with van der Waals surface area (Å²) in [6, 6.07) is 16.6. The van der Waals surface area contributed by atoms with E-state index in [0.717, 1.165) is 42.1 Å². The molecule has 24 heavy (non-hydrogen) atoms. The molecule has 1 heterocycles. The maximum atomic E-state index is 6.23. The average molecular weight is 346 g/mol. The van der Waals surface area contributed by atoms with Crippen molar-refractivity contribution in [3.8, 4) is 16.9 Å². The van der Waals surface area contributed by atoms with Gasteiger partial charge in [-0.3, -0.25) is 0 Å².